The van der Waals surface area contributed by atoms with E-state index in [1.54, 1.807) is 0 Å². The van der Waals surface area contributed by atoms with Gasteiger partial charge in [0.15, 0.2) is 5.82 Å². The van der Waals surface area contributed by atoms with E-state index in [2.05, 4.69) is 133 Å². The topological polar surface area (TPSA) is 25.8 Å². The van der Waals surface area contributed by atoms with Crippen LogP contribution in [0.2, 0.25) is 0 Å². The Labute approximate surface area is 270 Å². The summed E-state index contributed by atoms with van der Waals surface area (Å²) in [6.07, 6.45) is 0. The molecule has 0 fully saturated rings. The van der Waals surface area contributed by atoms with Gasteiger partial charge in [-0.1, -0.05) is 91.0 Å². The van der Waals surface area contributed by atoms with E-state index in [1.807, 2.05) is 34.0 Å². The normalized spacial score (nSPS) is 12.0. The van der Waals surface area contributed by atoms with E-state index in [4.69, 9.17) is 9.97 Å². The van der Waals surface area contributed by atoms with Crippen LogP contribution < -0.4 is 0 Å². The second-order valence-electron chi connectivity index (χ2n) is 11.3. The Morgan fingerprint density at radius 1 is 0.333 bits per heavy atom. The summed E-state index contributed by atoms with van der Waals surface area (Å²) in [6, 6.07) is 48.0. The summed E-state index contributed by atoms with van der Waals surface area (Å²) < 4.78 is 7.65. The number of rotatable bonds is 3. The third-order valence-corrected chi connectivity index (χ3v) is 12.1. The molecule has 0 N–H and O–H groups in total. The highest BCUT2D eigenvalue weighted by Gasteiger charge is 2.20. The van der Waals surface area contributed by atoms with Crippen molar-refractivity contribution in [1.82, 2.24) is 9.97 Å². The van der Waals surface area contributed by atoms with Crippen LogP contribution in [-0.2, 0) is 0 Å². The van der Waals surface area contributed by atoms with Crippen molar-refractivity contribution in [3.05, 3.63) is 133 Å². The molecule has 0 radical (unpaired) electrons. The smallest absolute Gasteiger partial charge is 0.161 e. The number of benzene rings is 6. The van der Waals surface area contributed by atoms with E-state index in [9.17, 15) is 0 Å². The average molecular weight is 627 g/mol. The van der Waals surface area contributed by atoms with Gasteiger partial charge in [-0.3, -0.25) is 0 Å². The largest absolute Gasteiger partial charge is 0.228 e. The van der Waals surface area contributed by atoms with Gasteiger partial charge < -0.3 is 0 Å². The Balaban J connectivity index is 1.33. The van der Waals surface area contributed by atoms with Gasteiger partial charge in [0.05, 0.1) is 11.4 Å². The summed E-state index contributed by atoms with van der Waals surface area (Å²) in [4.78, 5) is 10.8. The molecule has 0 amide bonds. The van der Waals surface area contributed by atoms with E-state index in [0.717, 1.165) is 33.9 Å². The molecule has 5 heteroatoms. The molecule has 0 aliphatic heterocycles. The maximum absolute atomic E-state index is 5.40. The van der Waals surface area contributed by atoms with Crippen molar-refractivity contribution in [2.75, 3.05) is 0 Å². The fourth-order valence-corrected chi connectivity index (χ4v) is 10.2. The van der Waals surface area contributed by atoms with Gasteiger partial charge in [-0.25, -0.2) is 9.97 Å². The molecule has 0 aliphatic carbocycles. The lowest BCUT2D eigenvalue weighted by atomic mass is 9.99. The molecule has 2 nitrogen and oxygen atoms in total. The van der Waals surface area contributed by atoms with Crippen LogP contribution >= 0.6 is 34.0 Å². The van der Waals surface area contributed by atoms with Crippen LogP contribution in [0.5, 0.6) is 0 Å². The summed E-state index contributed by atoms with van der Waals surface area (Å²) in [6.45, 7) is 0. The van der Waals surface area contributed by atoms with E-state index >= 15 is 0 Å². The predicted molar refractivity (Wildman–Crippen MR) is 197 cm³/mol. The molecule has 4 aromatic heterocycles. The fraction of sp³-hybridized carbons (Fsp3) is 0. The molecule has 4 heterocycles. The number of fused-ring (bicyclic) bond motifs is 9. The second-order valence-corrected chi connectivity index (χ2v) is 14.5. The Kier molecular flexibility index (Phi) is 5.52. The van der Waals surface area contributed by atoms with Crippen LogP contribution in [0.15, 0.2) is 133 Å². The van der Waals surface area contributed by atoms with Crippen LogP contribution in [0.3, 0.4) is 0 Å². The Bertz CT molecular complexity index is 2470. The number of nitrogens with zero attached hydrogens (tertiary/aromatic N) is 2. The number of aromatic nitrogens is 2. The van der Waals surface area contributed by atoms with E-state index < -0.39 is 0 Å². The Morgan fingerprint density at radius 3 is 1.13 bits per heavy atom. The number of thiophene rings is 3. The molecule has 6 aromatic carbocycles. The molecule has 0 saturated heterocycles. The molecule has 10 aromatic rings. The molecule has 45 heavy (non-hydrogen) atoms. The number of hydrogen-bond acceptors (Lipinski definition) is 5. The van der Waals surface area contributed by atoms with Gasteiger partial charge >= 0.3 is 0 Å². The lowest BCUT2D eigenvalue weighted by Gasteiger charge is -2.12. The summed E-state index contributed by atoms with van der Waals surface area (Å²) in [5, 5.41) is 7.53. The first-order valence-corrected chi connectivity index (χ1v) is 17.4. The van der Waals surface area contributed by atoms with Crippen molar-refractivity contribution in [2.45, 2.75) is 0 Å². The summed E-state index contributed by atoms with van der Waals surface area (Å²) in [5.74, 6) is 0.754. The van der Waals surface area contributed by atoms with Crippen LogP contribution in [0, 0.1) is 0 Å². The van der Waals surface area contributed by atoms with Crippen molar-refractivity contribution in [1.29, 1.82) is 0 Å². The number of hydrogen-bond donors (Lipinski definition) is 0. The Hall–Kier alpha value is -4.94. The fourth-order valence-electron chi connectivity index (χ4n) is 6.78. The second kappa shape index (κ2) is 9.78. The predicted octanol–water partition coefficient (Wildman–Crippen LogP) is 12.6. The van der Waals surface area contributed by atoms with Crippen LogP contribution in [0.4, 0.5) is 0 Å². The molecular formula is C40H22N2S3. The Morgan fingerprint density at radius 2 is 0.689 bits per heavy atom. The van der Waals surface area contributed by atoms with Crippen molar-refractivity contribution in [3.8, 4) is 33.9 Å². The van der Waals surface area contributed by atoms with Gasteiger partial charge in [-0.15, -0.1) is 34.0 Å². The lowest BCUT2D eigenvalue weighted by molar-refractivity contribution is 1.19. The van der Waals surface area contributed by atoms with Crippen LogP contribution in [0.25, 0.3) is 94.4 Å². The first kappa shape index (κ1) is 25.4. The third-order valence-electron chi connectivity index (χ3n) is 8.73. The van der Waals surface area contributed by atoms with Gasteiger partial charge in [0.25, 0.3) is 0 Å². The quantitative estimate of drug-likeness (QED) is 0.195. The molecule has 0 spiro atoms. The minimum Gasteiger partial charge on any atom is -0.228 e. The van der Waals surface area contributed by atoms with E-state index in [1.165, 1.54) is 60.5 Å². The first-order valence-electron chi connectivity index (χ1n) is 14.9. The maximum Gasteiger partial charge on any atom is 0.161 e. The zero-order valence-corrected chi connectivity index (χ0v) is 26.3. The summed E-state index contributed by atoms with van der Waals surface area (Å²) in [5.41, 5.74) is 5.23. The molecule has 10 rings (SSSR count). The lowest BCUT2D eigenvalue weighted by Crippen LogP contribution is -1.97. The molecule has 210 valence electrons. The molecule has 0 saturated carbocycles. The maximum atomic E-state index is 5.40. The molecule has 0 bridgehead atoms. The van der Waals surface area contributed by atoms with E-state index in [-0.39, 0.29) is 0 Å². The zero-order valence-electron chi connectivity index (χ0n) is 23.8. The molecular weight excluding hydrogens is 605 g/mol. The van der Waals surface area contributed by atoms with Crippen molar-refractivity contribution < 1.29 is 0 Å². The summed E-state index contributed by atoms with van der Waals surface area (Å²) >= 11 is 5.51. The minimum absolute atomic E-state index is 0.754. The molecule has 0 aliphatic rings. The van der Waals surface area contributed by atoms with E-state index in [0.29, 0.717) is 0 Å². The SMILES string of the molecule is c1ccc2c(c1)sc1cccc(-c3cc(-c4cccc5sc6ccccc6c45)nc(-c4cccc5sc6ccccc6c45)n3)c12. The third kappa shape index (κ3) is 3.85. The van der Waals surface area contributed by atoms with Crippen molar-refractivity contribution in [2.24, 2.45) is 0 Å². The highest BCUT2D eigenvalue weighted by Crippen LogP contribution is 2.44. The van der Waals surface area contributed by atoms with Crippen LogP contribution in [0.1, 0.15) is 0 Å². The summed E-state index contributed by atoms with van der Waals surface area (Å²) in [7, 11) is 0. The molecule has 0 unspecified atom stereocenters. The van der Waals surface area contributed by atoms with Crippen molar-refractivity contribution in [3.63, 3.8) is 0 Å². The highest BCUT2D eigenvalue weighted by molar-refractivity contribution is 7.26. The van der Waals surface area contributed by atoms with Gasteiger partial charge in [0.1, 0.15) is 0 Å². The van der Waals surface area contributed by atoms with Gasteiger partial charge in [0.2, 0.25) is 0 Å². The molecule has 0 atom stereocenters. The standard InChI is InChI=1S/C40H22N2S3/c1-4-16-31-25(10-1)37-23(13-7-19-34(37)43-31)29-22-30(24-14-8-20-35-38(24)26-11-2-5-17-32(26)44-35)42-40(41-29)28-15-9-21-36-39(28)27-12-3-6-18-33(27)45-36/h1-22H. The van der Waals surface area contributed by atoms with Crippen molar-refractivity contribution >= 4 is 94.5 Å². The van der Waals surface area contributed by atoms with Gasteiger partial charge in [0, 0.05) is 77.2 Å². The first-order chi connectivity index (χ1) is 22.3. The average Bonchev–Trinajstić information content (AvgIpc) is 3.79. The minimum atomic E-state index is 0.754. The monoisotopic (exact) mass is 626 g/mol. The highest BCUT2D eigenvalue weighted by atomic mass is 32.1. The zero-order chi connectivity index (χ0) is 29.5. The van der Waals surface area contributed by atoms with Gasteiger partial charge in [-0.05, 0) is 42.5 Å². The van der Waals surface area contributed by atoms with Gasteiger partial charge in [-0.2, -0.15) is 0 Å². The van der Waals surface area contributed by atoms with Crippen LogP contribution in [-0.4, -0.2) is 9.97 Å².